The van der Waals surface area contributed by atoms with Gasteiger partial charge >= 0.3 is 0 Å². The van der Waals surface area contributed by atoms with Crippen LogP contribution in [0.3, 0.4) is 0 Å². The van der Waals surface area contributed by atoms with E-state index in [2.05, 4.69) is 68.9 Å². The molecular weight excluding hydrogens is 524 g/mol. The van der Waals surface area contributed by atoms with Gasteiger partial charge in [-0.25, -0.2) is 4.68 Å². The number of aromatic amines is 1. The molecule has 1 atom stereocenters. The van der Waals surface area contributed by atoms with Crippen LogP contribution in [-0.4, -0.2) is 43.3 Å². The van der Waals surface area contributed by atoms with E-state index in [1.165, 1.54) is 10.4 Å². The molecule has 1 aliphatic rings. The predicted octanol–water partition coefficient (Wildman–Crippen LogP) is 4.99. The number of fused-ring (bicyclic) bond motifs is 2. The summed E-state index contributed by atoms with van der Waals surface area (Å²) >= 11 is 1.71. The van der Waals surface area contributed by atoms with Gasteiger partial charge in [0, 0.05) is 41.5 Å². The van der Waals surface area contributed by atoms with E-state index in [4.69, 9.17) is 9.47 Å². The molecule has 1 N–H and O–H groups in total. The first kappa shape index (κ1) is 26.2. The molecule has 3 aromatic heterocycles. The van der Waals surface area contributed by atoms with Gasteiger partial charge in [0.15, 0.2) is 17.3 Å². The highest BCUT2D eigenvalue weighted by molar-refractivity contribution is 7.09. The summed E-state index contributed by atoms with van der Waals surface area (Å²) in [6.07, 6.45) is 0.828. The second kappa shape index (κ2) is 11.6. The van der Waals surface area contributed by atoms with Gasteiger partial charge in [0.05, 0.1) is 11.6 Å². The lowest BCUT2D eigenvalue weighted by Crippen LogP contribution is -2.35. The van der Waals surface area contributed by atoms with E-state index in [1.807, 2.05) is 41.1 Å². The quantitative estimate of drug-likeness (QED) is 0.259. The number of nitrogens with zero attached hydrogens (tertiary/aromatic N) is 5. The fourth-order valence-corrected chi connectivity index (χ4v) is 6.05. The predicted molar refractivity (Wildman–Crippen MR) is 155 cm³/mol. The van der Waals surface area contributed by atoms with Gasteiger partial charge in [0.1, 0.15) is 13.2 Å². The third-order valence-corrected chi connectivity index (χ3v) is 8.06. The monoisotopic (exact) mass is 556 g/mol. The van der Waals surface area contributed by atoms with E-state index in [1.54, 1.807) is 11.3 Å². The van der Waals surface area contributed by atoms with E-state index in [0.717, 1.165) is 23.1 Å². The lowest BCUT2D eigenvalue weighted by atomic mass is 10.00. The minimum atomic E-state index is -0.119. The minimum Gasteiger partial charge on any atom is -0.486 e. The van der Waals surface area contributed by atoms with Crippen LogP contribution in [0, 0.1) is 5.92 Å². The Morgan fingerprint density at radius 3 is 2.58 bits per heavy atom. The average molecular weight is 557 g/mol. The second-order valence-corrected chi connectivity index (χ2v) is 11.4. The zero-order chi connectivity index (χ0) is 27.5. The van der Waals surface area contributed by atoms with Crippen LogP contribution in [0.15, 0.2) is 70.8 Å². The van der Waals surface area contributed by atoms with Gasteiger partial charge in [-0.15, -0.1) is 16.4 Å². The van der Waals surface area contributed by atoms with Gasteiger partial charge in [-0.2, -0.15) is 0 Å². The number of hydrogen-bond acceptors (Lipinski definition) is 8. The summed E-state index contributed by atoms with van der Waals surface area (Å²) in [7, 11) is 0. The van der Waals surface area contributed by atoms with Crippen LogP contribution in [0.5, 0.6) is 11.5 Å². The number of H-pyrrole nitrogens is 1. The number of nitrogens with one attached hydrogen (secondary N) is 1. The number of hydrogen-bond donors (Lipinski definition) is 1. The van der Waals surface area contributed by atoms with Crippen LogP contribution < -0.4 is 15.0 Å². The molecule has 0 fully saturated rings. The molecule has 0 bridgehead atoms. The highest BCUT2D eigenvalue weighted by Gasteiger charge is 2.30. The summed E-state index contributed by atoms with van der Waals surface area (Å²) in [5.41, 5.74) is 2.52. The van der Waals surface area contributed by atoms with Crippen molar-refractivity contribution >= 4 is 22.2 Å². The second-order valence-electron chi connectivity index (χ2n) is 10.4. The summed E-state index contributed by atoms with van der Waals surface area (Å²) in [6.45, 7) is 7.15. The Hall–Kier alpha value is -4.02. The Morgan fingerprint density at radius 1 is 1.02 bits per heavy atom. The Morgan fingerprint density at radius 2 is 1.82 bits per heavy atom. The van der Waals surface area contributed by atoms with Crippen molar-refractivity contribution in [3.8, 4) is 11.5 Å². The molecule has 206 valence electrons. The molecule has 0 aliphatic carbocycles. The molecule has 0 radical (unpaired) electrons. The van der Waals surface area contributed by atoms with Crippen LogP contribution in [0.25, 0.3) is 10.9 Å². The van der Waals surface area contributed by atoms with Crippen LogP contribution in [0.2, 0.25) is 0 Å². The summed E-state index contributed by atoms with van der Waals surface area (Å²) in [4.78, 5) is 19.9. The van der Waals surface area contributed by atoms with Gasteiger partial charge in [0.25, 0.3) is 5.56 Å². The van der Waals surface area contributed by atoms with Gasteiger partial charge in [-0.1, -0.05) is 50.2 Å². The fraction of sp³-hybridized carbons (Fsp3) is 0.333. The number of pyridine rings is 1. The molecule has 40 heavy (non-hydrogen) atoms. The molecule has 10 heteroatoms. The van der Waals surface area contributed by atoms with Crippen LogP contribution >= 0.6 is 11.3 Å². The smallest absolute Gasteiger partial charge is 0.252 e. The van der Waals surface area contributed by atoms with E-state index in [0.29, 0.717) is 49.9 Å². The first-order chi connectivity index (χ1) is 19.5. The zero-order valence-corrected chi connectivity index (χ0v) is 23.4. The number of ether oxygens (including phenoxy) is 2. The molecule has 0 saturated carbocycles. The SMILES string of the molecule is CC(C)[C@H](c1nnnn1CCc1ccccc1)N(Cc1cccs1)Cc1cc2cc3c(cc2[nH]c1=O)OCCO3. The van der Waals surface area contributed by atoms with Crippen LogP contribution in [-0.2, 0) is 26.1 Å². The van der Waals surface area contributed by atoms with Crippen LogP contribution in [0.1, 0.15) is 41.7 Å². The molecule has 6 rings (SSSR count). The largest absolute Gasteiger partial charge is 0.486 e. The first-order valence-corrected chi connectivity index (χ1v) is 14.4. The Labute approximate surface area is 236 Å². The average Bonchev–Trinajstić information content (AvgIpc) is 3.64. The van der Waals surface area contributed by atoms with Crippen LogP contribution in [0.4, 0.5) is 0 Å². The highest BCUT2D eigenvalue weighted by Crippen LogP contribution is 2.35. The highest BCUT2D eigenvalue weighted by atomic mass is 32.1. The number of thiophene rings is 1. The van der Waals surface area contributed by atoms with E-state index < -0.39 is 0 Å². The Kier molecular flexibility index (Phi) is 7.61. The maximum Gasteiger partial charge on any atom is 0.252 e. The van der Waals surface area contributed by atoms with Gasteiger partial charge in [-0.3, -0.25) is 9.69 Å². The molecule has 4 heterocycles. The maximum atomic E-state index is 13.3. The van der Waals surface area contributed by atoms with Crippen molar-refractivity contribution in [3.05, 3.63) is 98.2 Å². The number of benzene rings is 2. The molecular formula is C30H32N6O3S. The third-order valence-electron chi connectivity index (χ3n) is 7.20. The fourth-order valence-electron chi connectivity index (χ4n) is 5.32. The minimum absolute atomic E-state index is 0.108. The number of tetrazole rings is 1. The molecule has 0 saturated heterocycles. The van der Waals surface area contributed by atoms with Crippen molar-refractivity contribution in [1.29, 1.82) is 0 Å². The number of aryl methyl sites for hydroxylation is 2. The lowest BCUT2D eigenvalue weighted by molar-refractivity contribution is 0.127. The number of aromatic nitrogens is 5. The molecule has 1 aliphatic heterocycles. The van der Waals surface area contributed by atoms with E-state index >= 15 is 0 Å². The van der Waals surface area contributed by atoms with Crippen molar-refractivity contribution in [2.45, 2.75) is 45.9 Å². The van der Waals surface area contributed by atoms with E-state index in [9.17, 15) is 4.79 Å². The Bertz CT molecular complexity index is 1630. The molecule has 0 spiro atoms. The summed E-state index contributed by atoms with van der Waals surface area (Å²) in [5, 5.41) is 15.9. The van der Waals surface area contributed by atoms with Gasteiger partial charge < -0.3 is 14.5 Å². The van der Waals surface area contributed by atoms with E-state index in [-0.39, 0.29) is 17.5 Å². The van der Waals surface area contributed by atoms with Crippen molar-refractivity contribution in [1.82, 2.24) is 30.1 Å². The number of rotatable bonds is 10. The summed E-state index contributed by atoms with van der Waals surface area (Å²) < 4.78 is 13.4. The lowest BCUT2D eigenvalue weighted by Gasteiger charge is -2.33. The summed E-state index contributed by atoms with van der Waals surface area (Å²) in [6, 6.07) is 20.2. The first-order valence-electron chi connectivity index (χ1n) is 13.6. The molecule has 2 aromatic carbocycles. The maximum absolute atomic E-state index is 13.3. The van der Waals surface area contributed by atoms with Gasteiger partial charge in [-0.05, 0) is 51.9 Å². The molecule has 5 aromatic rings. The molecule has 0 unspecified atom stereocenters. The van der Waals surface area contributed by atoms with Crippen molar-refractivity contribution in [2.75, 3.05) is 13.2 Å². The molecule has 0 amide bonds. The van der Waals surface area contributed by atoms with Crippen molar-refractivity contribution in [3.63, 3.8) is 0 Å². The van der Waals surface area contributed by atoms with Crippen molar-refractivity contribution in [2.24, 2.45) is 5.92 Å². The molecule has 9 nitrogen and oxygen atoms in total. The standard InChI is InChI=1S/C30H32N6O3S/c1-20(2)28(29-32-33-34-36(29)11-10-21-7-4-3-5-8-21)35(19-24-9-6-14-40-24)18-23-15-22-16-26-27(39-13-12-38-26)17-25(22)31-30(23)37/h3-9,14-17,20,28H,10-13,18-19H2,1-2H3,(H,31,37)/t28-/m1/s1. The van der Waals surface area contributed by atoms with Crippen molar-refractivity contribution < 1.29 is 9.47 Å². The third kappa shape index (κ3) is 5.64. The topological polar surface area (TPSA) is 98.2 Å². The Balaban J connectivity index is 1.34. The zero-order valence-electron chi connectivity index (χ0n) is 22.6. The normalized spacial score (nSPS) is 13.8. The van der Waals surface area contributed by atoms with Gasteiger partial charge in [0.2, 0.25) is 0 Å². The summed E-state index contributed by atoms with van der Waals surface area (Å²) in [5.74, 6) is 2.35.